The summed E-state index contributed by atoms with van der Waals surface area (Å²) in [6, 6.07) is 42.9. The fourth-order valence-electron chi connectivity index (χ4n) is 4.77. The lowest BCUT2D eigenvalue weighted by atomic mass is 9.97. The number of rotatable bonds is 4. The molecule has 0 aliphatic rings. The van der Waals surface area contributed by atoms with Crippen LogP contribution in [0.5, 0.6) is 5.75 Å². The summed E-state index contributed by atoms with van der Waals surface area (Å²) in [6.07, 6.45) is 0. The standard InChI is InChI=1S/C31H23NO/c1-33-26-15-8-14-25(21-26)32-30-19-6-5-16-28(30)29-18-9-17-27(31(29)32)24-13-7-12-23(20-24)22-10-3-2-4-11-22/h2-21H,1H3. The number of fused-ring (bicyclic) bond motifs is 3. The molecule has 0 aliphatic carbocycles. The summed E-state index contributed by atoms with van der Waals surface area (Å²) in [6.45, 7) is 0. The predicted octanol–water partition coefficient (Wildman–Crippen LogP) is 8.13. The first-order valence-corrected chi connectivity index (χ1v) is 11.2. The van der Waals surface area contributed by atoms with Gasteiger partial charge >= 0.3 is 0 Å². The lowest BCUT2D eigenvalue weighted by molar-refractivity contribution is 0.414. The van der Waals surface area contributed by atoms with Gasteiger partial charge in [0.15, 0.2) is 0 Å². The number of hydrogen-bond acceptors (Lipinski definition) is 1. The molecule has 0 saturated heterocycles. The van der Waals surface area contributed by atoms with Crippen molar-refractivity contribution in [1.29, 1.82) is 0 Å². The zero-order chi connectivity index (χ0) is 22.2. The summed E-state index contributed by atoms with van der Waals surface area (Å²) in [5.41, 5.74) is 8.34. The fourth-order valence-corrected chi connectivity index (χ4v) is 4.77. The Morgan fingerprint density at radius 2 is 1.24 bits per heavy atom. The third-order valence-electron chi connectivity index (χ3n) is 6.29. The van der Waals surface area contributed by atoms with Crippen LogP contribution < -0.4 is 4.74 Å². The fraction of sp³-hybridized carbons (Fsp3) is 0.0323. The quantitative estimate of drug-likeness (QED) is 0.278. The minimum absolute atomic E-state index is 0.849. The minimum atomic E-state index is 0.849. The first kappa shape index (κ1) is 19.4. The SMILES string of the molecule is COc1cccc(-n2c3ccccc3c3cccc(-c4cccc(-c5ccccc5)c4)c32)c1. The number of hydrogen-bond donors (Lipinski definition) is 0. The molecule has 0 saturated carbocycles. The number of nitrogens with zero attached hydrogens (tertiary/aromatic N) is 1. The van der Waals surface area contributed by atoms with Crippen molar-refractivity contribution in [2.75, 3.05) is 7.11 Å². The highest BCUT2D eigenvalue weighted by Gasteiger charge is 2.16. The van der Waals surface area contributed by atoms with Gasteiger partial charge in [-0.05, 0) is 41.0 Å². The van der Waals surface area contributed by atoms with E-state index in [4.69, 9.17) is 4.74 Å². The molecular formula is C31H23NO. The van der Waals surface area contributed by atoms with E-state index in [0.717, 1.165) is 11.4 Å². The molecule has 6 rings (SSSR count). The van der Waals surface area contributed by atoms with Crippen molar-refractivity contribution in [2.24, 2.45) is 0 Å². The second-order valence-electron chi connectivity index (χ2n) is 8.20. The highest BCUT2D eigenvalue weighted by Crippen LogP contribution is 2.39. The molecule has 1 aromatic heterocycles. The molecule has 2 heteroatoms. The number of ether oxygens (including phenoxy) is 1. The average Bonchev–Trinajstić information content (AvgIpc) is 3.24. The lowest BCUT2D eigenvalue weighted by Gasteiger charge is -2.13. The van der Waals surface area contributed by atoms with Crippen LogP contribution >= 0.6 is 0 Å². The summed E-state index contributed by atoms with van der Waals surface area (Å²) in [4.78, 5) is 0. The van der Waals surface area contributed by atoms with E-state index in [2.05, 4.69) is 114 Å². The zero-order valence-corrected chi connectivity index (χ0v) is 18.4. The number of aromatic nitrogens is 1. The van der Waals surface area contributed by atoms with E-state index in [0.29, 0.717) is 0 Å². The second-order valence-corrected chi connectivity index (χ2v) is 8.20. The van der Waals surface area contributed by atoms with Crippen LogP contribution in [0, 0.1) is 0 Å². The van der Waals surface area contributed by atoms with Gasteiger partial charge in [-0.3, -0.25) is 0 Å². The van der Waals surface area contributed by atoms with Gasteiger partial charge in [0.25, 0.3) is 0 Å². The molecule has 0 aliphatic heterocycles. The Morgan fingerprint density at radius 1 is 0.545 bits per heavy atom. The number of benzene rings is 5. The van der Waals surface area contributed by atoms with Crippen LogP contribution in [0.25, 0.3) is 49.7 Å². The first-order chi connectivity index (χ1) is 16.3. The van der Waals surface area contributed by atoms with Gasteiger partial charge in [-0.2, -0.15) is 0 Å². The second kappa shape index (κ2) is 7.99. The maximum atomic E-state index is 5.54. The summed E-state index contributed by atoms with van der Waals surface area (Å²) >= 11 is 0. The van der Waals surface area contributed by atoms with Crippen molar-refractivity contribution in [3.05, 3.63) is 121 Å². The molecule has 0 atom stereocenters. The van der Waals surface area contributed by atoms with Crippen molar-refractivity contribution in [1.82, 2.24) is 4.57 Å². The van der Waals surface area contributed by atoms with Crippen LogP contribution in [0.1, 0.15) is 0 Å². The maximum absolute atomic E-state index is 5.54. The van der Waals surface area contributed by atoms with Crippen LogP contribution in [-0.4, -0.2) is 11.7 Å². The van der Waals surface area contributed by atoms with Crippen LogP contribution in [-0.2, 0) is 0 Å². The average molecular weight is 426 g/mol. The minimum Gasteiger partial charge on any atom is -0.497 e. The highest BCUT2D eigenvalue weighted by atomic mass is 16.5. The van der Waals surface area contributed by atoms with E-state index in [1.165, 1.54) is 44.1 Å². The highest BCUT2D eigenvalue weighted by molar-refractivity contribution is 6.13. The topological polar surface area (TPSA) is 14.2 Å². The largest absolute Gasteiger partial charge is 0.497 e. The molecule has 0 radical (unpaired) electrons. The third kappa shape index (κ3) is 3.28. The van der Waals surface area contributed by atoms with Gasteiger partial charge in [0, 0.05) is 28.1 Å². The normalized spacial score (nSPS) is 11.2. The van der Waals surface area contributed by atoms with Crippen molar-refractivity contribution in [3.8, 4) is 33.7 Å². The first-order valence-electron chi connectivity index (χ1n) is 11.2. The Hall–Kier alpha value is -4.30. The van der Waals surface area contributed by atoms with Gasteiger partial charge in [0.1, 0.15) is 5.75 Å². The monoisotopic (exact) mass is 425 g/mol. The van der Waals surface area contributed by atoms with Crippen LogP contribution in [0.15, 0.2) is 121 Å². The van der Waals surface area contributed by atoms with Gasteiger partial charge in [-0.1, -0.05) is 91.0 Å². The van der Waals surface area contributed by atoms with Crippen molar-refractivity contribution < 1.29 is 4.74 Å². The summed E-state index contributed by atoms with van der Waals surface area (Å²) in [5.74, 6) is 0.849. The third-order valence-corrected chi connectivity index (χ3v) is 6.29. The van der Waals surface area contributed by atoms with Gasteiger partial charge in [0.2, 0.25) is 0 Å². The van der Waals surface area contributed by atoms with Gasteiger partial charge < -0.3 is 9.30 Å². The molecule has 0 amide bonds. The molecular weight excluding hydrogens is 402 g/mol. The van der Waals surface area contributed by atoms with Gasteiger partial charge in [0.05, 0.1) is 18.1 Å². The smallest absolute Gasteiger partial charge is 0.120 e. The van der Waals surface area contributed by atoms with Gasteiger partial charge in [-0.25, -0.2) is 0 Å². The maximum Gasteiger partial charge on any atom is 0.120 e. The molecule has 0 fully saturated rings. The molecule has 33 heavy (non-hydrogen) atoms. The molecule has 2 nitrogen and oxygen atoms in total. The van der Waals surface area contributed by atoms with Crippen LogP contribution in [0.3, 0.4) is 0 Å². The molecule has 0 bridgehead atoms. The Labute approximate surface area is 193 Å². The zero-order valence-electron chi connectivity index (χ0n) is 18.4. The predicted molar refractivity (Wildman–Crippen MR) is 138 cm³/mol. The molecule has 0 spiro atoms. The summed E-state index contributed by atoms with van der Waals surface area (Å²) in [7, 11) is 1.71. The van der Waals surface area contributed by atoms with E-state index < -0.39 is 0 Å². The van der Waals surface area contributed by atoms with Crippen molar-refractivity contribution in [3.63, 3.8) is 0 Å². The molecule has 1 heterocycles. The van der Waals surface area contributed by atoms with E-state index in [-0.39, 0.29) is 0 Å². The molecule has 0 unspecified atom stereocenters. The van der Waals surface area contributed by atoms with Gasteiger partial charge in [-0.15, -0.1) is 0 Å². The van der Waals surface area contributed by atoms with Crippen molar-refractivity contribution >= 4 is 21.8 Å². The summed E-state index contributed by atoms with van der Waals surface area (Å²) in [5, 5.41) is 2.49. The molecule has 158 valence electrons. The molecule has 0 N–H and O–H groups in total. The van der Waals surface area contributed by atoms with Crippen LogP contribution in [0.2, 0.25) is 0 Å². The Kier molecular flexibility index (Phi) is 4.70. The number of methoxy groups -OCH3 is 1. The number of para-hydroxylation sites is 2. The molecule has 5 aromatic carbocycles. The van der Waals surface area contributed by atoms with E-state index in [9.17, 15) is 0 Å². The Bertz CT molecular complexity index is 1590. The lowest BCUT2D eigenvalue weighted by Crippen LogP contribution is -1.96. The Morgan fingerprint density at radius 3 is 2.12 bits per heavy atom. The van der Waals surface area contributed by atoms with E-state index in [1.807, 2.05) is 12.1 Å². The van der Waals surface area contributed by atoms with Crippen molar-refractivity contribution in [2.45, 2.75) is 0 Å². The van der Waals surface area contributed by atoms with E-state index >= 15 is 0 Å². The summed E-state index contributed by atoms with van der Waals surface area (Å²) < 4.78 is 7.90. The Balaban J connectivity index is 1.67. The van der Waals surface area contributed by atoms with E-state index in [1.54, 1.807) is 7.11 Å². The molecule has 6 aromatic rings. The van der Waals surface area contributed by atoms with Crippen LogP contribution in [0.4, 0.5) is 0 Å².